The Morgan fingerprint density at radius 2 is 2.00 bits per heavy atom. The van der Waals surface area contributed by atoms with E-state index in [0.29, 0.717) is 6.61 Å². The highest BCUT2D eigenvalue weighted by Gasteiger charge is 2.20. The Bertz CT molecular complexity index is 365. The van der Waals surface area contributed by atoms with Gasteiger partial charge in [0.25, 0.3) is 0 Å². The third-order valence-corrected chi connectivity index (χ3v) is 3.31. The lowest BCUT2D eigenvalue weighted by atomic mass is 10.1. The van der Waals surface area contributed by atoms with Crippen molar-refractivity contribution in [2.45, 2.75) is 31.2 Å². The van der Waals surface area contributed by atoms with Crippen molar-refractivity contribution < 1.29 is 9.53 Å². The molecule has 1 aromatic rings. The van der Waals surface area contributed by atoms with Crippen LogP contribution in [0, 0.1) is 0 Å². The van der Waals surface area contributed by atoms with Crippen molar-refractivity contribution in [1.82, 2.24) is 5.32 Å². The largest absolute Gasteiger partial charge is 0.465 e. The lowest BCUT2D eigenvalue weighted by Crippen LogP contribution is -2.30. The molecule has 0 fully saturated rings. The molecule has 0 amide bonds. The molecule has 100 valence electrons. The summed E-state index contributed by atoms with van der Waals surface area (Å²) in [6, 6.07) is 7.66. The highest BCUT2D eigenvalue weighted by atomic mass is 32.2. The Kier molecular flexibility index (Phi) is 6.83. The van der Waals surface area contributed by atoms with Gasteiger partial charge in [-0.3, -0.25) is 0 Å². The molecule has 1 N–H and O–H groups in total. The van der Waals surface area contributed by atoms with Gasteiger partial charge < -0.3 is 10.1 Å². The van der Waals surface area contributed by atoms with Gasteiger partial charge in [-0.15, -0.1) is 11.8 Å². The van der Waals surface area contributed by atoms with E-state index < -0.39 is 0 Å². The van der Waals surface area contributed by atoms with Gasteiger partial charge in [0.1, 0.15) is 6.04 Å². The van der Waals surface area contributed by atoms with E-state index >= 15 is 0 Å². The van der Waals surface area contributed by atoms with E-state index in [9.17, 15) is 4.79 Å². The number of esters is 1. The predicted molar refractivity (Wildman–Crippen MR) is 75.9 cm³/mol. The summed E-state index contributed by atoms with van der Waals surface area (Å²) < 4.78 is 5.11. The summed E-state index contributed by atoms with van der Waals surface area (Å²) in [4.78, 5) is 13.1. The van der Waals surface area contributed by atoms with E-state index in [1.165, 1.54) is 4.90 Å². The number of benzene rings is 1. The van der Waals surface area contributed by atoms with E-state index in [0.717, 1.165) is 18.5 Å². The van der Waals surface area contributed by atoms with E-state index in [1.807, 2.05) is 37.4 Å². The summed E-state index contributed by atoms with van der Waals surface area (Å²) in [6.07, 6.45) is 3.02. The Morgan fingerprint density at radius 1 is 1.33 bits per heavy atom. The molecule has 0 saturated heterocycles. The number of carbonyl (C=O) groups excluding carboxylic acids is 1. The number of nitrogens with one attached hydrogen (secondary N) is 1. The average Bonchev–Trinajstić information content (AvgIpc) is 2.40. The zero-order chi connectivity index (χ0) is 13.4. The normalized spacial score (nSPS) is 12.2. The molecular formula is C14H21NO2S. The molecule has 3 nitrogen and oxygen atoms in total. The third kappa shape index (κ3) is 4.35. The van der Waals surface area contributed by atoms with E-state index in [-0.39, 0.29) is 12.0 Å². The molecule has 0 aliphatic carbocycles. The maximum atomic E-state index is 11.9. The molecule has 1 rings (SSSR count). The smallest absolute Gasteiger partial charge is 0.327 e. The second-order valence-electron chi connectivity index (χ2n) is 3.91. The van der Waals surface area contributed by atoms with Crippen LogP contribution in [0.3, 0.4) is 0 Å². The highest BCUT2D eigenvalue weighted by molar-refractivity contribution is 7.98. The lowest BCUT2D eigenvalue weighted by molar-refractivity contribution is -0.145. The molecular weight excluding hydrogens is 246 g/mol. The average molecular weight is 267 g/mol. The van der Waals surface area contributed by atoms with Gasteiger partial charge in [-0.2, -0.15) is 0 Å². The van der Waals surface area contributed by atoms with Crippen molar-refractivity contribution in [1.29, 1.82) is 0 Å². The zero-order valence-corrected chi connectivity index (χ0v) is 12.0. The van der Waals surface area contributed by atoms with Gasteiger partial charge in [-0.05, 0) is 43.8 Å². The first-order valence-corrected chi connectivity index (χ1v) is 7.49. The molecule has 0 spiro atoms. The Balaban J connectivity index is 2.82. The molecule has 0 bridgehead atoms. The van der Waals surface area contributed by atoms with E-state index in [1.54, 1.807) is 11.8 Å². The van der Waals surface area contributed by atoms with Gasteiger partial charge in [-0.25, -0.2) is 4.79 Å². The number of ether oxygens (including phenoxy) is 1. The monoisotopic (exact) mass is 267 g/mol. The number of thioether (sulfide) groups is 1. The van der Waals surface area contributed by atoms with Gasteiger partial charge in [0.2, 0.25) is 0 Å². The molecule has 18 heavy (non-hydrogen) atoms. The molecule has 0 saturated carbocycles. The van der Waals surface area contributed by atoms with E-state index in [4.69, 9.17) is 4.74 Å². The molecule has 0 radical (unpaired) electrons. The van der Waals surface area contributed by atoms with Crippen molar-refractivity contribution in [2.24, 2.45) is 0 Å². The van der Waals surface area contributed by atoms with Crippen LogP contribution in [0.15, 0.2) is 29.2 Å². The van der Waals surface area contributed by atoms with Crippen LogP contribution < -0.4 is 5.32 Å². The predicted octanol–water partition coefficient (Wildman–Crippen LogP) is 3.01. The van der Waals surface area contributed by atoms with Crippen molar-refractivity contribution in [2.75, 3.05) is 19.4 Å². The quantitative estimate of drug-likeness (QED) is 0.609. The number of carbonyl (C=O) groups is 1. The summed E-state index contributed by atoms with van der Waals surface area (Å²) in [5, 5.41) is 3.23. The Morgan fingerprint density at radius 3 is 2.50 bits per heavy atom. The number of hydrogen-bond donors (Lipinski definition) is 1. The minimum atomic E-state index is -0.360. The van der Waals surface area contributed by atoms with Crippen LogP contribution in [0.25, 0.3) is 0 Å². The Hall–Kier alpha value is -1.00. The first-order chi connectivity index (χ1) is 8.72. The fraction of sp³-hybridized carbons (Fsp3) is 0.500. The third-order valence-electron chi connectivity index (χ3n) is 2.57. The molecule has 0 aliphatic heterocycles. The van der Waals surface area contributed by atoms with Crippen LogP contribution in [0.1, 0.15) is 31.9 Å². The summed E-state index contributed by atoms with van der Waals surface area (Å²) in [5.74, 6) is -0.206. The molecule has 0 aliphatic rings. The standard InChI is InChI=1S/C14H21NO2S/c1-4-10-15-13(14(16)17-5-2)11-6-8-12(18-3)9-7-11/h6-9,13,15H,4-5,10H2,1-3H3. The van der Waals surface area contributed by atoms with Crippen LogP contribution in [-0.2, 0) is 9.53 Å². The molecule has 1 atom stereocenters. The first kappa shape index (κ1) is 15.1. The van der Waals surface area contributed by atoms with Crippen molar-refractivity contribution >= 4 is 17.7 Å². The van der Waals surface area contributed by atoms with Crippen LogP contribution in [0.2, 0.25) is 0 Å². The van der Waals surface area contributed by atoms with Crippen molar-refractivity contribution in [3.8, 4) is 0 Å². The summed E-state index contributed by atoms with van der Waals surface area (Å²) in [6.45, 7) is 5.11. The zero-order valence-electron chi connectivity index (χ0n) is 11.2. The van der Waals surface area contributed by atoms with Crippen LogP contribution in [0.4, 0.5) is 0 Å². The summed E-state index contributed by atoms with van der Waals surface area (Å²) in [7, 11) is 0. The van der Waals surface area contributed by atoms with Crippen molar-refractivity contribution in [3.63, 3.8) is 0 Å². The second kappa shape index (κ2) is 8.16. The van der Waals surface area contributed by atoms with Gasteiger partial charge in [0, 0.05) is 4.90 Å². The van der Waals surface area contributed by atoms with Crippen LogP contribution in [0.5, 0.6) is 0 Å². The molecule has 0 aromatic heterocycles. The molecule has 4 heteroatoms. The van der Waals surface area contributed by atoms with Gasteiger partial charge in [0.05, 0.1) is 6.61 Å². The molecule has 1 unspecified atom stereocenters. The first-order valence-electron chi connectivity index (χ1n) is 6.26. The van der Waals surface area contributed by atoms with Gasteiger partial charge in [0.15, 0.2) is 0 Å². The Labute approximate surface area is 113 Å². The minimum absolute atomic E-state index is 0.206. The van der Waals surface area contributed by atoms with Crippen LogP contribution in [-0.4, -0.2) is 25.4 Å². The fourth-order valence-electron chi connectivity index (χ4n) is 1.65. The SMILES string of the molecule is CCCNC(C(=O)OCC)c1ccc(SC)cc1. The van der Waals surface area contributed by atoms with Gasteiger partial charge >= 0.3 is 5.97 Å². The fourth-order valence-corrected chi connectivity index (χ4v) is 2.06. The second-order valence-corrected chi connectivity index (χ2v) is 4.79. The number of hydrogen-bond acceptors (Lipinski definition) is 4. The summed E-state index contributed by atoms with van der Waals surface area (Å²) >= 11 is 1.69. The van der Waals surface area contributed by atoms with E-state index in [2.05, 4.69) is 12.2 Å². The van der Waals surface area contributed by atoms with Crippen molar-refractivity contribution in [3.05, 3.63) is 29.8 Å². The lowest BCUT2D eigenvalue weighted by Gasteiger charge is -2.17. The number of rotatable bonds is 7. The minimum Gasteiger partial charge on any atom is -0.465 e. The topological polar surface area (TPSA) is 38.3 Å². The molecule has 1 aromatic carbocycles. The molecule has 0 heterocycles. The highest BCUT2D eigenvalue weighted by Crippen LogP contribution is 2.20. The summed E-state index contributed by atoms with van der Waals surface area (Å²) in [5.41, 5.74) is 0.958. The van der Waals surface area contributed by atoms with Gasteiger partial charge in [-0.1, -0.05) is 19.1 Å². The maximum absolute atomic E-state index is 11.9. The maximum Gasteiger partial charge on any atom is 0.327 e. The van der Waals surface area contributed by atoms with Crippen LogP contribution >= 0.6 is 11.8 Å².